The number of carbonyl (C=O) groups excluding carboxylic acids is 1. The van der Waals surface area contributed by atoms with E-state index in [9.17, 15) is 4.79 Å². The Kier molecular flexibility index (Phi) is 11.3. The molecule has 7 nitrogen and oxygen atoms in total. The first-order valence-electron chi connectivity index (χ1n) is 10.4. The fraction of sp³-hybridized carbons (Fsp3) is 0.636. The van der Waals surface area contributed by atoms with Gasteiger partial charge >= 0.3 is 0 Å². The highest BCUT2D eigenvalue weighted by Crippen LogP contribution is 2.38. The van der Waals surface area contributed by atoms with Gasteiger partial charge in [-0.05, 0) is 37.0 Å². The van der Waals surface area contributed by atoms with Gasteiger partial charge in [0.15, 0.2) is 17.5 Å². The zero-order valence-corrected chi connectivity index (χ0v) is 21.2. The Hall–Kier alpha value is -1.71. The zero-order valence-electron chi connectivity index (χ0n) is 18.9. The van der Waals surface area contributed by atoms with E-state index < -0.39 is 0 Å². The Bertz CT molecular complexity index is 704. The second kappa shape index (κ2) is 12.9. The molecule has 1 fully saturated rings. The van der Waals surface area contributed by atoms with Gasteiger partial charge in [-0.2, -0.15) is 0 Å². The van der Waals surface area contributed by atoms with Crippen LogP contribution in [0.4, 0.5) is 0 Å². The number of halogens is 1. The van der Waals surface area contributed by atoms with Crippen LogP contribution in [0.1, 0.15) is 44.6 Å². The van der Waals surface area contributed by atoms with Crippen molar-refractivity contribution in [2.45, 2.75) is 45.6 Å². The summed E-state index contributed by atoms with van der Waals surface area (Å²) in [6.45, 7) is 3.93. The summed E-state index contributed by atoms with van der Waals surface area (Å²) in [5.41, 5.74) is 0.733. The highest BCUT2D eigenvalue weighted by molar-refractivity contribution is 14.0. The third-order valence-corrected chi connectivity index (χ3v) is 5.39. The summed E-state index contributed by atoms with van der Waals surface area (Å²) in [4.78, 5) is 18.7. The average Bonchev–Trinajstić information content (AvgIpc) is 3.22. The van der Waals surface area contributed by atoms with Crippen LogP contribution in [-0.4, -0.2) is 58.2 Å². The number of guanidine groups is 1. The van der Waals surface area contributed by atoms with Crippen LogP contribution >= 0.6 is 24.0 Å². The largest absolute Gasteiger partial charge is 0.493 e. The summed E-state index contributed by atoms with van der Waals surface area (Å²) >= 11 is 0. The molecule has 0 bridgehead atoms. The first kappa shape index (κ1) is 26.3. The maximum Gasteiger partial charge on any atom is 0.230 e. The third kappa shape index (κ3) is 6.92. The van der Waals surface area contributed by atoms with Crippen molar-refractivity contribution < 1.29 is 14.3 Å². The SMILES string of the molecule is CCCOc1ccc(CNC(=NC)NCC2(C(=O)N(C)C)CCCC2)cc1OC.I. The Labute approximate surface area is 198 Å². The second-order valence-corrected chi connectivity index (χ2v) is 7.80. The minimum absolute atomic E-state index is 0. The zero-order chi connectivity index (χ0) is 21.3. The molecule has 1 saturated carbocycles. The molecule has 0 aromatic heterocycles. The summed E-state index contributed by atoms with van der Waals surface area (Å²) in [6.07, 6.45) is 4.99. The lowest BCUT2D eigenvalue weighted by molar-refractivity contribution is -0.138. The van der Waals surface area contributed by atoms with Gasteiger partial charge < -0.3 is 25.0 Å². The quantitative estimate of drug-likeness (QED) is 0.290. The van der Waals surface area contributed by atoms with Crippen LogP contribution in [0.3, 0.4) is 0 Å². The highest BCUT2D eigenvalue weighted by Gasteiger charge is 2.42. The van der Waals surface area contributed by atoms with Crippen LogP contribution in [0.25, 0.3) is 0 Å². The molecular formula is C22H37IN4O3. The van der Waals surface area contributed by atoms with Gasteiger partial charge in [0.2, 0.25) is 5.91 Å². The van der Waals surface area contributed by atoms with Gasteiger partial charge in [-0.15, -0.1) is 24.0 Å². The van der Waals surface area contributed by atoms with E-state index in [0.717, 1.165) is 49.2 Å². The molecule has 2 N–H and O–H groups in total. The van der Waals surface area contributed by atoms with Crippen molar-refractivity contribution in [2.24, 2.45) is 10.4 Å². The first-order valence-corrected chi connectivity index (χ1v) is 10.4. The minimum atomic E-state index is -0.331. The van der Waals surface area contributed by atoms with Gasteiger partial charge in [0.25, 0.3) is 0 Å². The smallest absolute Gasteiger partial charge is 0.230 e. The molecule has 1 amide bonds. The number of amides is 1. The van der Waals surface area contributed by atoms with E-state index in [1.54, 1.807) is 19.1 Å². The lowest BCUT2D eigenvalue weighted by atomic mass is 9.84. The van der Waals surface area contributed by atoms with Crippen LogP contribution in [0.2, 0.25) is 0 Å². The average molecular weight is 532 g/mol. The number of aliphatic imine (C=N–C) groups is 1. The number of hydrogen-bond donors (Lipinski definition) is 2. The molecule has 1 aliphatic carbocycles. The molecule has 170 valence electrons. The minimum Gasteiger partial charge on any atom is -0.493 e. The van der Waals surface area contributed by atoms with Gasteiger partial charge in [-0.25, -0.2) is 0 Å². The van der Waals surface area contributed by atoms with Crippen LogP contribution < -0.4 is 20.1 Å². The van der Waals surface area contributed by atoms with Gasteiger partial charge in [0.05, 0.1) is 19.1 Å². The molecule has 0 aliphatic heterocycles. The molecule has 0 heterocycles. The fourth-order valence-electron chi connectivity index (χ4n) is 3.80. The molecule has 0 saturated heterocycles. The number of carbonyl (C=O) groups is 1. The number of rotatable bonds is 9. The monoisotopic (exact) mass is 532 g/mol. The normalized spacial score (nSPS) is 15.2. The lowest BCUT2D eigenvalue weighted by Gasteiger charge is -2.31. The molecule has 1 aromatic carbocycles. The fourth-order valence-corrected chi connectivity index (χ4v) is 3.80. The van der Waals surface area contributed by atoms with Crippen LogP contribution in [0, 0.1) is 5.41 Å². The van der Waals surface area contributed by atoms with E-state index in [0.29, 0.717) is 25.7 Å². The predicted octanol–water partition coefficient (Wildman–Crippen LogP) is 3.42. The van der Waals surface area contributed by atoms with Crippen molar-refractivity contribution in [3.05, 3.63) is 23.8 Å². The van der Waals surface area contributed by atoms with Crippen molar-refractivity contribution >= 4 is 35.8 Å². The maximum atomic E-state index is 12.7. The Balaban J connectivity index is 0.00000450. The molecule has 30 heavy (non-hydrogen) atoms. The summed E-state index contributed by atoms with van der Waals surface area (Å²) in [5.74, 6) is 2.37. The molecule has 0 spiro atoms. The molecule has 1 aliphatic rings. The summed E-state index contributed by atoms with van der Waals surface area (Å²) in [5, 5.41) is 6.69. The topological polar surface area (TPSA) is 75.2 Å². The standard InChI is InChI=1S/C22H36N4O3.HI/c1-6-13-29-18-10-9-17(14-19(18)28-5)15-24-21(23-2)25-16-22(11-7-8-12-22)20(27)26(3)4;/h9-10,14H,6-8,11-13,15-16H2,1-5H3,(H2,23,24,25);1H. The van der Waals surface area contributed by atoms with E-state index in [1.165, 1.54) is 0 Å². The summed E-state index contributed by atoms with van der Waals surface area (Å²) in [6, 6.07) is 5.92. The number of hydrogen-bond acceptors (Lipinski definition) is 4. The number of nitrogens with zero attached hydrogens (tertiary/aromatic N) is 2. The lowest BCUT2D eigenvalue weighted by Crippen LogP contribution is -2.49. The number of benzene rings is 1. The summed E-state index contributed by atoms with van der Waals surface area (Å²) < 4.78 is 11.2. The van der Waals surface area contributed by atoms with E-state index in [1.807, 2.05) is 32.3 Å². The van der Waals surface area contributed by atoms with Crippen molar-refractivity contribution in [1.82, 2.24) is 15.5 Å². The molecule has 2 rings (SSSR count). The Morgan fingerprint density at radius 3 is 2.47 bits per heavy atom. The van der Waals surface area contributed by atoms with E-state index in [2.05, 4.69) is 22.5 Å². The van der Waals surface area contributed by atoms with E-state index in [4.69, 9.17) is 9.47 Å². The van der Waals surface area contributed by atoms with Crippen LogP contribution in [0.5, 0.6) is 11.5 Å². The molecule has 1 aromatic rings. The highest BCUT2D eigenvalue weighted by atomic mass is 127. The van der Waals surface area contributed by atoms with Gasteiger partial charge in [0.1, 0.15) is 0 Å². The van der Waals surface area contributed by atoms with Crippen LogP contribution in [0.15, 0.2) is 23.2 Å². The Morgan fingerprint density at radius 1 is 1.20 bits per heavy atom. The molecule has 0 radical (unpaired) electrons. The second-order valence-electron chi connectivity index (χ2n) is 7.80. The van der Waals surface area contributed by atoms with Crippen molar-refractivity contribution in [3.63, 3.8) is 0 Å². The first-order chi connectivity index (χ1) is 14.0. The van der Waals surface area contributed by atoms with Crippen LogP contribution in [-0.2, 0) is 11.3 Å². The molecule has 0 atom stereocenters. The molecular weight excluding hydrogens is 495 g/mol. The molecule has 8 heteroatoms. The molecule has 0 unspecified atom stereocenters. The third-order valence-electron chi connectivity index (χ3n) is 5.39. The van der Waals surface area contributed by atoms with E-state index in [-0.39, 0.29) is 35.3 Å². The number of methoxy groups -OCH3 is 1. The number of ether oxygens (including phenoxy) is 2. The van der Waals surface area contributed by atoms with E-state index >= 15 is 0 Å². The van der Waals surface area contributed by atoms with Gasteiger partial charge in [-0.3, -0.25) is 9.79 Å². The Morgan fingerprint density at radius 2 is 1.90 bits per heavy atom. The van der Waals surface area contributed by atoms with Crippen molar-refractivity contribution in [2.75, 3.05) is 41.4 Å². The van der Waals surface area contributed by atoms with Gasteiger partial charge in [-0.1, -0.05) is 25.8 Å². The number of nitrogens with one attached hydrogen (secondary N) is 2. The van der Waals surface area contributed by atoms with Crippen molar-refractivity contribution in [1.29, 1.82) is 0 Å². The van der Waals surface area contributed by atoms with Gasteiger partial charge in [0, 0.05) is 34.2 Å². The maximum absolute atomic E-state index is 12.7. The summed E-state index contributed by atoms with van der Waals surface area (Å²) in [7, 11) is 7.05. The van der Waals surface area contributed by atoms with Crippen molar-refractivity contribution in [3.8, 4) is 11.5 Å². The predicted molar refractivity (Wildman–Crippen MR) is 132 cm³/mol.